The van der Waals surface area contributed by atoms with Crippen LogP contribution < -0.4 is 12.4 Å². The molecule has 3 rings (SSSR count). The second-order valence-electron chi connectivity index (χ2n) is 5.88. The minimum absolute atomic E-state index is 0. The molecule has 0 N–H and O–H groups in total. The summed E-state index contributed by atoms with van der Waals surface area (Å²) in [6, 6.07) is 19.6. The van der Waals surface area contributed by atoms with Crippen molar-refractivity contribution in [3.8, 4) is 0 Å². The molecule has 1 saturated heterocycles. The Morgan fingerprint density at radius 1 is 0.960 bits per heavy atom. The molecule has 134 valence electrons. The third kappa shape index (κ3) is 5.56. The Kier molecular flexibility index (Phi) is 7.92. The van der Waals surface area contributed by atoms with Crippen LogP contribution in [0.4, 0.5) is 0 Å². The standard InChI is InChI=1S/C20H23NO3.ClH/c22-20(24-16-13-21-11-14-23-15-12-21)19(17-7-3-1-4-8-17)18-9-5-2-6-10-18;/h1-10,19H,11-16H2;1H/p-1. The number of benzene rings is 2. The Morgan fingerprint density at radius 2 is 1.48 bits per heavy atom. The number of rotatable bonds is 6. The number of esters is 1. The average Bonchev–Trinajstić information content (AvgIpc) is 2.65. The zero-order valence-corrected chi connectivity index (χ0v) is 14.9. The van der Waals surface area contributed by atoms with Crippen LogP contribution in [-0.2, 0) is 14.3 Å². The number of carbonyl (C=O) groups is 1. The number of morpholine rings is 1. The zero-order chi connectivity index (χ0) is 16.6. The predicted molar refractivity (Wildman–Crippen MR) is 92.9 cm³/mol. The van der Waals surface area contributed by atoms with Crippen molar-refractivity contribution in [3.05, 3.63) is 71.8 Å². The van der Waals surface area contributed by atoms with Gasteiger partial charge < -0.3 is 21.9 Å². The van der Waals surface area contributed by atoms with E-state index in [4.69, 9.17) is 9.47 Å². The number of hydrogen-bond acceptors (Lipinski definition) is 4. The molecule has 1 heterocycles. The zero-order valence-electron chi connectivity index (χ0n) is 14.1. The van der Waals surface area contributed by atoms with Crippen molar-refractivity contribution in [2.45, 2.75) is 5.92 Å². The monoisotopic (exact) mass is 360 g/mol. The summed E-state index contributed by atoms with van der Waals surface area (Å²) in [5.74, 6) is -0.572. The van der Waals surface area contributed by atoms with Gasteiger partial charge in [0, 0.05) is 19.6 Å². The molecule has 1 aliphatic rings. The van der Waals surface area contributed by atoms with Crippen LogP contribution in [0.3, 0.4) is 0 Å². The second kappa shape index (κ2) is 10.2. The van der Waals surface area contributed by atoms with Gasteiger partial charge in [0.25, 0.3) is 0 Å². The quantitative estimate of drug-likeness (QED) is 0.663. The van der Waals surface area contributed by atoms with E-state index in [0.717, 1.165) is 44.0 Å². The van der Waals surface area contributed by atoms with Gasteiger partial charge in [0.15, 0.2) is 0 Å². The van der Waals surface area contributed by atoms with Crippen LogP contribution in [0.15, 0.2) is 60.7 Å². The van der Waals surface area contributed by atoms with Crippen LogP contribution in [-0.4, -0.2) is 50.3 Å². The first kappa shape index (κ1) is 19.4. The normalized spacial score (nSPS) is 14.8. The molecule has 0 atom stereocenters. The molecule has 1 aliphatic heterocycles. The highest BCUT2D eigenvalue weighted by atomic mass is 35.5. The summed E-state index contributed by atoms with van der Waals surface area (Å²) in [6.45, 7) is 4.48. The second-order valence-corrected chi connectivity index (χ2v) is 5.88. The van der Waals surface area contributed by atoms with Gasteiger partial charge in [0.2, 0.25) is 0 Å². The molecule has 2 aromatic carbocycles. The third-order valence-corrected chi connectivity index (χ3v) is 4.26. The maximum atomic E-state index is 12.7. The van der Waals surface area contributed by atoms with Gasteiger partial charge in [0.05, 0.1) is 13.2 Å². The highest BCUT2D eigenvalue weighted by molar-refractivity contribution is 5.82. The van der Waals surface area contributed by atoms with Gasteiger partial charge in [-0.05, 0) is 11.1 Å². The van der Waals surface area contributed by atoms with E-state index < -0.39 is 0 Å². The molecule has 5 heteroatoms. The molecule has 0 spiro atoms. The van der Waals surface area contributed by atoms with Crippen LogP contribution in [0.2, 0.25) is 0 Å². The lowest BCUT2D eigenvalue weighted by atomic mass is 9.91. The molecule has 0 unspecified atom stereocenters. The van der Waals surface area contributed by atoms with E-state index in [1.165, 1.54) is 0 Å². The van der Waals surface area contributed by atoms with Crippen molar-refractivity contribution < 1.29 is 26.7 Å². The fraction of sp³-hybridized carbons (Fsp3) is 0.350. The van der Waals surface area contributed by atoms with Crippen molar-refractivity contribution in [2.24, 2.45) is 0 Å². The van der Waals surface area contributed by atoms with E-state index in [9.17, 15) is 4.79 Å². The van der Waals surface area contributed by atoms with Crippen LogP contribution in [0.5, 0.6) is 0 Å². The summed E-state index contributed by atoms with van der Waals surface area (Å²) in [7, 11) is 0. The highest BCUT2D eigenvalue weighted by Gasteiger charge is 2.24. The topological polar surface area (TPSA) is 38.8 Å². The van der Waals surface area contributed by atoms with Gasteiger partial charge in [-0.1, -0.05) is 60.7 Å². The first-order chi connectivity index (χ1) is 11.8. The average molecular weight is 361 g/mol. The summed E-state index contributed by atoms with van der Waals surface area (Å²) in [5.41, 5.74) is 1.92. The third-order valence-electron chi connectivity index (χ3n) is 4.26. The van der Waals surface area contributed by atoms with Gasteiger partial charge in [-0.2, -0.15) is 0 Å². The van der Waals surface area contributed by atoms with Gasteiger partial charge >= 0.3 is 5.97 Å². The van der Waals surface area contributed by atoms with Crippen LogP contribution in [0, 0.1) is 0 Å². The number of halogens is 1. The highest BCUT2D eigenvalue weighted by Crippen LogP contribution is 2.25. The lowest BCUT2D eigenvalue weighted by molar-refractivity contribution is -0.145. The van der Waals surface area contributed by atoms with Crippen molar-refractivity contribution in [3.63, 3.8) is 0 Å². The number of hydrogen-bond donors (Lipinski definition) is 0. The van der Waals surface area contributed by atoms with Crippen molar-refractivity contribution in [1.82, 2.24) is 4.90 Å². The Balaban J connectivity index is 0.00000225. The van der Waals surface area contributed by atoms with Crippen molar-refractivity contribution in [2.75, 3.05) is 39.5 Å². The van der Waals surface area contributed by atoms with Crippen molar-refractivity contribution >= 4 is 5.97 Å². The molecule has 0 amide bonds. The maximum absolute atomic E-state index is 12.7. The fourth-order valence-electron chi connectivity index (χ4n) is 2.94. The SMILES string of the molecule is O=C(OCCN1CCOCC1)C(c1ccccc1)c1ccccc1.[Cl-]. The van der Waals surface area contributed by atoms with Gasteiger partial charge in [-0.25, -0.2) is 0 Å². The van der Waals surface area contributed by atoms with Crippen molar-refractivity contribution in [1.29, 1.82) is 0 Å². The molecule has 0 saturated carbocycles. The van der Waals surface area contributed by atoms with E-state index in [1.807, 2.05) is 60.7 Å². The van der Waals surface area contributed by atoms with Crippen LogP contribution in [0.1, 0.15) is 17.0 Å². The Bertz CT molecular complexity index is 590. The molecule has 25 heavy (non-hydrogen) atoms. The molecule has 0 radical (unpaired) electrons. The molecule has 2 aromatic rings. The van der Waals surface area contributed by atoms with E-state index in [2.05, 4.69) is 4.90 Å². The fourth-order valence-corrected chi connectivity index (χ4v) is 2.94. The minimum Gasteiger partial charge on any atom is -1.00 e. The molecule has 0 aromatic heterocycles. The molecule has 0 bridgehead atoms. The van der Waals surface area contributed by atoms with Crippen LogP contribution >= 0.6 is 0 Å². The van der Waals surface area contributed by atoms with Gasteiger partial charge in [-0.15, -0.1) is 0 Å². The van der Waals surface area contributed by atoms with Crippen LogP contribution in [0.25, 0.3) is 0 Å². The summed E-state index contributed by atoms with van der Waals surface area (Å²) in [6.07, 6.45) is 0. The Labute approximate surface area is 155 Å². The molecule has 1 fully saturated rings. The summed E-state index contributed by atoms with van der Waals surface area (Å²) < 4.78 is 10.9. The smallest absolute Gasteiger partial charge is 0.317 e. The number of ether oxygens (including phenoxy) is 2. The minimum atomic E-state index is -0.378. The lowest BCUT2D eigenvalue weighted by Crippen LogP contribution is -3.00. The maximum Gasteiger partial charge on any atom is 0.317 e. The van der Waals surface area contributed by atoms with E-state index >= 15 is 0 Å². The lowest BCUT2D eigenvalue weighted by Gasteiger charge is -2.26. The summed E-state index contributed by atoms with van der Waals surface area (Å²) >= 11 is 0. The van der Waals surface area contributed by atoms with E-state index in [-0.39, 0.29) is 24.3 Å². The number of carbonyl (C=O) groups excluding carboxylic acids is 1. The molecule has 0 aliphatic carbocycles. The van der Waals surface area contributed by atoms with Gasteiger partial charge in [-0.3, -0.25) is 9.69 Å². The first-order valence-corrected chi connectivity index (χ1v) is 8.41. The van der Waals surface area contributed by atoms with E-state index in [0.29, 0.717) is 6.61 Å². The number of nitrogens with zero attached hydrogens (tertiary/aromatic N) is 1. The largest absolute Gasteiger partial charge is 1.00 e. The van der Waals surface area contributed by atoms with Gasteiger partial charge in [0.1, 0.15) is 12.5 Å². The first-order valence-electron chi connectivity index (χ1n) is 8.41. The molecular formula is C20H23ClNO3-. The summed E-state index contributed by atoms with van der Waals surface area (Å²) in [4.78, 5) is 15.0. The molecular weight excluding hydrogens is 338 g/mol. The van der Waals surface area contributed by atoms with E-state index in [1.54, 1.807) is 0 Å². The summed E-state index contributed by atoms with van der Waals surface area (Å²) in [5, 5.41) is 0. The Morgan fingerprint density at radius 3 is 2.00 bits per heavy atom. The Hall–Kier alpha value is -1.88. The molecule has 4 nitrogen and oxygen atoms in total. The predicted octanol–water partition coefficient (Wildman–Crippen LogP) is -0.302.